The Labute approximate surface area is 114 Å². The molecule has 110 valence electrons. The second-order valence-electron chi connectivity index (χ2n) is 6.26. The van der Waals surface area contributed by atoms with Crippen molar-refractivity contribution in [2.24, 2.45) is 0 Å². The third kappa shape index (κ3) is 2.91. The molecule has 19 heavy (non-hydrogen) atoms. The molecule has 0 spiro atoms. The topological polar surface area (TPSA) is 83.6 Å². The second-order valence-corrected chi connectivity index (χ2v) is 8.90. The van der Waals surface area contributed by atoms with Gasteiger partial charge in [0, 0.05) is 12.8 Å². The van der Waals surface area contributed by atoms with Gasteiger partial charge >= 0.3 is 0 Å². The van der Waals surface area contributed by atoms with Gasteiger partial charge in [-0.1, -0.05) is 0 Å². The van der Waals surface area contributed by atoms with Crippen LogP contribution in [0.3, 0.4) is 0 Å². The normalized spacial score (nSPS) is 24.3. The van der Waals surface area contributed by atoms with Gasteiger partial charge in [-0.3, -0.25) is 9.59 Å². The van der Waals surface area contributed by atoms with Crippen molar-refractivity contribution in [1.82, 2.24) is 10.2 Å². The molecule has 0 radical (unpaired) electrons. The predicted molar refractivity (Wildman–Crippen MR) is 72.3 cm³/mol. The van der Waals surface area contributed by atoms with Crippen molar-refractivity contribution in [1.29, 1.82) is 0 Å². The Morgan fingerprint density at radius 2 is 1.79 bits per heavy atom. The largest absolute Gasteiger partial charge is 0.340 e. The minimum Gasteiger partial charge on any atom is -0.340 e. The highest BCUT2D eigenvalue weighted by Crippen LogP contribution is 2.24. The van der Waals surface area contributed by atoms with Gasteiger partial charge in [-0.2, -0.15) is 0 Å². The number of amides is 2. The first-order valence-corrected chi connectivity index (χ1v) is 8.01. The molecule has 7 heteroatoms. The number of piperazine rings is 1. The molecule has 1 N–H and O–H groups in total. The molecular formula is C12H22N2O4S. The third-order valence-electron chi connectivity index (χ3n) is 3.63. The molecule has 0 aromatic heterocycles. The Balaban J connectivity index is 3.11. The molecule has 0 aliphatic carbocycles. The number of nitrogens with zero attached hydrogens (tertiary/aromatic N) is 1. The zero-order chi connectivity index (χ0) is 15.2. The molecule has 1 aliphatic heterocycles. The summed E-state index contributed by atoms with van der Waals surface area (Å²) < 4.78 is 22.4. The van der Waals surface area contributed by atoms with Crippen LogP contribution in [-0.4, -0.2) is 54.3 Å². The van der Waals surface area contributed by atoms with Crippen LogP contribution in [0.5, 0.6) is 0 Å². The number of rotatable bonds is 3. The lowest BCUT2D eigenvalue weighted by molar-refractivity contribution is -0.153. The van der Waals surface area contributed by atoms with Gasteiger partial charge in [-0.15, -0.1) is 0 Å². The third-order valence-corrected chi connectivity index (χ3v) is 5.77. The lowest BCUT2D eigenvalue weighted by Crippen LogP contribution is -2.69. The number of carbonyl (C=O) groups excluding carboxylic acids is 2. The van der Waals surface area contributed by atoms with Crippen LogP contribution in [0.25, 0.3) is 0 Å². The molecule has 1 unspecified atom stereocenters. The van der Waals surface area contributed by atoms with Crippen molar-refractivity contribution in [3.63, 3.8) is 0 Å². The number of nitrogens with one attached hydrogen (secondary N) is 1. The molecule has 0 aromatic carbocycles. The molecule has 1 rings (SSSR count). The summed E-state index contributed by atoms with van der Waals surface area (Å²) in [6, 6.07) is -0.665. The lowest BCUT2D eigenvalue weighted by Gasteiger charge is -2.44. The standard InChI is InChI=1S/C12H22N2O4S/c1-8-9(15)13-12(4,5)10(16)14(8)7-11(2,3)19(6,17)18/h8H,7H2,1-6H3,(H,13,15). The maximum absolute atomic E-state index is 12.3. The summed E-state index contributed by atoms with van der Waals surface area (Å²) in [5, 5.41) is 2.63. The molecule has 0 bridgehead atoms. The van der Waals surface area contributed by atoms with Gasteiger partial charge in [0.1, 0.15) is 11.6 Å². The maximum atomic E-state index is 12.3. The molecular weight excluding hydrogens is 268 g/mol. The predicted octanol–water partition coefficient (Wildman–Crippen LogP) is -0.0649. The van der Waals surface area contributed by atoms with Gasteiger partial charge in [0.25, 0.3) is 0 Å². The van der Waals surface area contributed by atoms with Gasteiger partial charge in [-0.05, 0) is 34.6 Å². The van der Waals surface area contributed by atoms with Crippen molar-refractivity contribution < 1.29 is 18.0 Å². The average Bonchev–Trinajstić information content (AvgIpc) is 2.19. The fourth-order valence-electron chi connectivity index (χ4n) is 1.88. The Morgan fingerprint density at radius 1 is 1.32 bits per heavy atom. The molecule has 1 aliphatic rings. The zero-order valence-corrected chi connectivity index (χ0v) is 13.1. The summed E-state index contributed by atoms with van der Waals surface area (Å²) in [4.78, 5) is 25.5. The van der Waals surface area contributed by atoms with Gasteiger partial charge < -0.3 is 10.2 Å². The van der Waals surface area contributed by atoms with Crippen LogP contribution in [0.1, 0.15) is 34.6 Å². The van der Waals surface area contributed by atoms with Crippen molar-refractivity contribution in [2.45, 2.75) is 50.9 Å². The SMILES string of the molecule is CC1C(=O)NC(C)(C)C(=O)N1CC(C)(C)S(C)(=O)=O. The van der Waals surface area contributed by atoms with Crippen LogP contribution < -0.4 is 5.32 Å². The summed E-state index contributed by atoms with van der Waals surface area (Å²) in [6.45, 7) is 7.94. The summed E-state index contributed by atoms with van der Waals surface area (Å²) in [5.74, 6) is -0.537. The summed E-state index contributed by atoms with van der Waals surface area (Å²) in [7, 11) is -3.33. The van der Waals surface area contributed by atoms with E-state index in [1.165, 1.54) is 4.90 Å². The fraction of sp³-hybridized carbons (Fsp3) is 0.833. The number of hydrogen-bond acceptors (Lipinski definition) is 4. The highest BCUT2D eigenvalue weighted by molar-refractivity contribution is 7.92. The first-order valence-electron chi connectivity index (χ1n) is 6.12. The van der Waals surface area contributed by atoms with E-state index in [2.05, 4.69) is 5.32 Å². The van der Waals surface area contributed by atoms with Crippen LogP contribution >= 0.6 is 0 Å². The quantitative estimate of drug-likeness (QED) is 0.789. The first kappa shape index (κ1) is 15.9. The number of sulfone groups is 1. The molecule has 1 fully saturated rings. The Hall–Kier alpha value is -1.11. The van der Waals surface area contributed by atoms with E-state index in [0.717, 1.165) is 6.26 Å². The monoisotopic (exact) mass is 290 g/mol. The Bertz CT molecular complexity index is 508. The Morgan fingerprint density at radius 3 is 2.21 bits per heavy atom. The van der Waals surface area contributed by atoms with Crippen molar-refractivity contribution >= 4 is 21.7 Å². The first-order chi connectivity index (χ1) is 8.29. The molecule has 6 nitrogen and oxygen atoms in total. The Kier molecular flexibility index (Phi) is 3.75. The minimum atomic E-state index is -3.33. The molecule has 1 heterocycles. The van der Waals surface area contributed by atoms with E-state index in [1.54, 1.807) is 34.6 Å². The van der Waals surface area contributed by atoms with E-state index < -0.39 is 26.2 Å². The van der Waals surface area contributed by atoms with Crippen molar-refractivity contribution in [3.05, 3.63) is 0 Å². The van der Waals surface area contributed by atoms with E-state index in [9.17, 15) is 18.0 Å². The summed E-state index contributed by atoms with van der Waals surface area (Å²) >= 11 is 0. The molecule has 0 saturated carbocycles. The van der Waals surface area contributed by atoms with Gasteiger partial charge in [0.2, 0.25) is 11.8 Å². The van der Waals surface area contributed by atoms with Gasteiger partial charge in [0.15, 0.2) is 9.84 Å². The molecule has 0 aromatic rings. The van der Waals surface area contributed by atoms with Crippen molar-refractivity contribution in [2.75, 3.05) is 12.8 Å². The highest BCUT2D eigenvalue weighted by atomic mass is 32.2. The minimum absolute atomic E-state index is 0.00266. The lowest BCUT2D eigenvalue weighted by atomic mass is 9.96. The van der Waals surface area contributed by atoms with Crippen LogP contribution in [-0.2, 0) is 19.4 Å². The van der Waals surface area contributed by atoms with Crippen LogP contribution in [0.15, 0.2) is 0 Å². The van der Waals surface area contributed by atoms with Gasteiger partial charge in [0.05, 0.1) is 4.75 Å². The molecule has 2 amide bonds. The van der Waals surface area contributed by atoms with E-state index in [-0.39, 0.29) is 18.4 Å². The van der Waals surface area contributed by atoms with Crippen LogP contribution in [0.2, 0.25) is 0 Å². The smallest absolute Gasteiger partial charge is 0.248 e. The number of hydrogen-bond donors (Lipinski definition) is 1. The van der Waals surface area contributed by atoms with E-state index in [0.29, 0.717) is 0 Å². The zero-order valence-electron chi connectivity index (χ0n) is 12.3. The van der Waals surface area contributed by atoms with E-state index in [4.69, 9.17) is 0 Å². The maximum Gasteiger partial charge on any atom is 0.248 e. The molecule has 1 atom stereocenters. The second kappa shape index (κ2) is 4.47. The van der Waals surface area contributed by atoms with E-state index in [1.807, 2.05) is 0 Å². The van der Waals surface area contributed by atoms with Crippen LogP contribution in [0.4, 0.5) is 0 Å². The number of carbonyl (C=O) groups is 2. The van der Waals surface area contributed by atoms with E-state index >= 15 is 0 Å². The van der Waals surface area contributed by atoms with Gasteiger partial charge in [-0.25, -0.2) is 8.42 Å². The highest BCUT2D eigenvalue weighted by Gasteiger charge is 2.46. The summed E-state index contributed by atoms with van der Waals surface area (Å²) in [6.07, 6.45) is 1.14. The fourth-order valence-corrected chi connectivity index (χ4v) is 2.25. The molecule has 1 saturated heterocycles. The average molecular weight is 290 g/mol. The van der Waals surface area contributed by atoms with Crippen molar-refractivity contribution in [3.8, 4) is 0 Å². The summed E-state index contributed by atoms with van der Waals surface area (Å²) in [5.41, 5.74) is -1.00. The van der Waals surface area contributed by atoms with Crippen LogP contribution in [0, 0.1) is 0 Å².